The van der Waals surface area contributed by atoms with Crippen LogP contribution in [0, 0.1) is 77.2 Å². The predicted octanol–water partition coefficient (Wildman–Crippen LogP) is 9.55. The van der Waals surface area contributed by atoms with E-state index in [1.165, 1.54) is 24.3 Å². The van der Waals surface area contributed by atoms with E-state index in [4.69, 9.17) is 10.5 Å². The van der Waals surface area contributed by atoms with E-state index in [-0.39, 0.29) is 5.56 Å². The summed E-state index contributed by atoms with van der Waals surface area (Å²) in [6.07, 6.45) is 0. The van der Waals surface area contributed by atoms with Gasteiger partial charge in [0.2, 0.25) is 0 Å². The summed E-state index contributed by atoms with van der Waals surface area (Å²) in [5, 5.41) is 16.4. The zero-order chi connectivity index (χ0) is 34.3. The fourth-order valence-electron chi connectivity index (χ4n) is 3.02. The van der Waals surface area contributed by atoms with E-state index in [0.717, 1.165) is 17.7 Å². The molecule has 0 amide bonds. The molecule has 0 fully saturated rings. The lowest BCUT2D eigenvalue weighted by atomic mass is 10.1. The second-order valence-electron chi connectivity index (χ2n) is 8.47. The minimum absolute atomic E-state index is 0.130. The van der Waals surface area contributed by atoms with Crippen LogP contribution in [0.3, 0.4) is 0 Å². The van der Waals surface area contributed by atoms with Gasteiger partial charge in [-0.1, -0.05) is 12.1 Å². The maximum Gasteiger partial charge on any atom is 0.177 e. The van der Waals surface area contributed by atoms with Gasteiger partial charge in [0.1, 0.15) is 77.3 Å². The highest BCUT2D eigenvalue weighted by molar-refractivity contribution is 5.38. The summed E-state index contributed by atoms with van der Waals surface area (Å²) in [5.41, 5.74) is -0.597. The van der Waals surface area contributed by atoms with Gasteiger partial charge in [-0.15, -0.1) is 0 Å². The van der Waals surface area contributed by atoms with E-state index < -0.39 is 82.3 Å². The Bertz CT molecular complexity index is 1550. The van der Waals surface area contributed by atoms with Gasteiger partial charge in [-0.25, -0.2) is 39.5 Å². The molecule has 0 saturated carbocycles. The Morgan fingerprint density at radius 3 is 1.20 bits per heavy atom. The van der Waals surface area contributed by atoms with Crippen LogP contribution in [-0.2, 0) is 13.3 Å². The lowest BCUT2D eigenvalue weighted by Crippen LogP contribution is -1.93. The van der Waals surface area contributed by atoms with Crippen molar-refractivity contribution in [3.63, 3.8) is 0 Å². The fourth-order valence-corrected chi connectivity index (χ4v) is 3.02. The highest BCUT2D eigenvalue weighted by Crippen LogP contribution is 2.21. The normalized spacial score (nSPS) is 9.58. The van der Waals surface area contributed by atoms with Crippen LogP contribution >= 0.6 is 0 Å². The average Bonchev–Trinajstić information content (AvgIpc) is 2.97. The van der Waals surface area contributed by atoms with Crippen LogP contribution in [0.1, 0.15) is 33.4 Å². The highest BCUT2D eigenvalue weighted by atomic mass is 19.3. The second kappa shape index (κ2) is 18.4. The molecular formula is C30H19F11N2O2. The van der Waals surface area contributed by atoms with E-state index in [0.29, 0.717) is 29.8 Å². The summed E-state index contributed by atoms with van der Waals surface area (Å²) in [5.74, 6) is -7.89. The molecule has 0 N–H and O–H groups in total. The number of nitrogens with zero attached hydrogens (tertiary/aromatic N) is 2. The summed E-state index contributed by atoms with van der Waals surface area (Å²) in [4.78, 5) is 6.17. The van der Waals surface area contributed by atoms with Crippen LogP contribution < -0.4 is 9.88 Å². The summed E-state index contributed by atoms with van der Waals surface area (Å²) < 4.78 is 135. The highest BCUT2D eigenvalue weighted by Gasteiger charge is 2.12. The van der Waals surface area contributed by atoms with E-state index in [1.54, 1.807) is 19.9 Å². The first-order valence-electron chi connectivity index (χ1n) is 11.9. The van der Waals surface area contributed by atoms with Crippen molar-refractivity contribution in [1.82, 2.24) is 0 Å². The number of nitriles is 2. The van der Waals surface area contributed by atoms with Crippen molar-refractivity contribution in [1.29, 1.82) is 10.5 Å². The smallest absolute Gasteiger partial charge is 0.177 e. The average molecular weight is 648 g/mol. The minimum atomic E-state index is -1.15. The maximum atomic E-state index is 12.6. The molecule has 4 aromatic carbocycles. The Balaban J connectivity index is 0.000000301. The molecule has 15 heteroatoms. The molecule has 4 nitrogen and oxygen atoms in total. The molecule has 238 valence electrons. The number of hydrogen-bond acceptors (Lipinski definition) is 4. The quantitative estimate of drug-likeness (QED) is 0.207. The van der Waals surface area contributed by atoms with Crippen LogP contribution in [0.2, 0.25) is 0 Å². The van der Waals surface area contributed by atoms with Crippen molar-refractivity contribution in [3.8, 4) is 23.6 Å². The molecule has 0 atom stereocenters. The molecule has 0 heterocycles. The molecule has 0 saturated heterocycles. The van der Waals surface area contributed by atoms with Gasteiger partial charge in [0.05, 0.1) is 5.56 Å². The topological polar surface area (TPSA) is 66.0 Å². The van der Waals surface area contributed by atoms with Gasteiger partial charge in [-0.05, 0) is 43.2 Å². The number of benzene rings is 4. The van der Waals surface area contributed by atoms with Gasteiger partial charge >= 0.3 is 0 Å². The summed E-state index contributed by atoms with van der Waals surface area (Å²) >= 11 is 0. The molecule has 0 spiro atoms. The third-order valence-corrected chi connectivity index (χ3v) is 5.20. The number of halogens is 11. The van der Waals surface area contributed by atoms with Crippen LogP contribution in [-0.4, -0.2) is 0 Å². The monoisotopic (exact) mass is 648 g/mol. The van der Waals surface area contributed by atoms with E-state index >= 15 is 0 Å². The Labute approximate surface area is 248 Å². The predicted molar refractivity (Wildman–Crippen MR) is 137 cm³/mol. The van der Waals surface area contributed by atoms with Crippen molar-refractivity contribution < 1.29 is 58.4 Å². The van der Waals surface area contributed by atoms with Crippen molar-refractivity contribution in [2.24, 2.45) is 0 Å². The minimum Gasteiger partial charge on any atom is -0.294 e. The summed E-state index contributed by atoms with van der Waals surface area (Å²) in [6.45, 7) is 1.49. The Kier molecular flexibility index (Phi) is 15.4. The van der Waals surface area contributed by atoms with Gasteiger partial charge in [-0.2, -0.15) is 10.5 Å². The van der Waals surface area contributed by atoms with Crippen LogP contribution in [0.4, 0.5) is 48.6 Å². The second-order valence-corrected chi connectivity index (χ2v) is 8.47. The summed E-state index contributed by atoms with van der Waals surface area (Å²) in [6, 6.07) is 11.6. The van der Waals surface area contributed by atoms with Crippen molar-refractivity contribution >= 4 is 0 Å². The standard InChI is InChI=1S/C8H7F3.C8H8F2.2C7H2F3NO/c1-5-2-7(10)6(4-9)8(11)3-5;1-6-2-3-7(5-9)8(10)4-6;2*8-6-1-4(12-10)2-7(9)5(6)3-11/h2-3H,4H2,1H3;2-4H,5H2,1H3;2*1-2H. The molecule has 0 aromatic heterocycles. The third-order valence-electron chi connectivity index (χ3n) is 5.20. The van der Waals surface area contributed by atoms with E-state index in [2.05, 4.69) is 9.88 Å². The largest absolute Gasteiger partial charge is 0.294 e. The molecule has 45 heavy (non-hydrogen) atoms. The summed E-state index contributed by atoms with van der Waals surface area (Å²) in [7, 11) is 0. The third kappa shape index (κ3) is 11.4. The zero-order valence-electron chi connectivity index (χ0n) is 23.0. The Morgan fingerprint density at radius 1 is 0.533 bits per heavy atom. The first-order chi connectivity index (χ1) is 21.3. The molecule has 4 rings (SSSR count). The van der Waals surface area contributed by atoms with Gasteiger partial charge in [0.15, 0.2) is 11.5 Å². The first-order valence-corrected chi connectivity index (χ1v) is 11.9. The first kappa shape index (κ1) is 37.7. The number of alkyl halides is 2. The molecule has 4 aromatic rings. The SMILES string of the molecule is Cc1cc(F)c(CF)c(F)c1.Cc1ccc(CF)c(F)c1.N#Cc1c(F)cc(OF)cc1F.N#Cc1c(F)cc(OF)cc1F. The van der Waals surface area contributed by atoms with Gasteiger partial charge in [0, 0.05) is 38.9 Å². The van der Waals surface area contributed by atoms with Crippen molar-refractivity contribution in [2.75, 3.05) is 0 Å². The van der Waals surface area contributed by atoms with Gasteiger partial charge in [-0.3, -0.25) is 9.88 Å². The van der Waals surface area contributed by atoms with Crippen LogP contribution in [0.25, 0.3) is 0 Å². The molecule has 0 radical (unpaired) electrons. The molecule has 0 bridgehead atoms. The van der Waals surface area contributed by atoms with E-state index in [9.17, 15) is 48.6 Å². The Morgan fingerprint density at radius 2 is 0.911 bits per heavy atom. The number of rotatable bonds is 4. The molecule has 0 aliphatic heterocycles. The lowest BCUT2D eigenvalue weighted by molar-refractivity contribution is -0.00692. The molecular weight excluding hydrogens is 629 g/mol. The van der Waals surface area contributed by atoms with E-state index in [1.807, 2.05) is 0 Å². The number of aryl methyl sites for hydroxylation is 2. The molecule has 0 unspecified atom stereocenters. The maximum absolute atomic E-state index is 12.6. The molecule has 0 aliphatic carbocycles. The zero-order valence-corrected chi connectivity index (χ0v) is 23.0. The van der Waals surface area contributed by atoms with Crippen molar-refractivity contribution in [2.45, 2.75) is 27.2 Å². The lowest BCUT2D eigenvalue weighted by Gasteiger charge is -2.00. The Hall–Kier alpha value is -5.31. The van der Waals surface area contributed by atoms with Gasteiger partial charge < -0.3 is 0 Å². The fraction of sp³-hybridized carbons (Fsp3) is 0.133. The van der Waals surface area contributed by atoms with Crippen LogP contribution in [0.5, 0.6) is 11.5 Å². The number of hydrogen-bond donors (Lipinski definition) is 0. The van der Waals surface area contributed by atoms with Crippen LogP contribution in [0.15, 0.2) is 54.6 Å². The molecule has 0 aliphatic rings. The van der Waals surface area contributed by atoms with Crippen molar-refractivity contribution in [3.05, 3.63) is 129 Å². The van der Waals surface area contributed by atoms with Gasteiger partial charge in [0.25, 0.3) is 0 Å².